The van der Waals surface area contributed by atoms with Gasteiger partial charge in [-0.3, -0.25) is 4.79 Å². The van der Waals surface area contributed by atoms with Crippen molar-refractivity contribution in [1.29, 1.82) is 0 Å². The van der Waals surface area contributed by atoms with Crippen LogP contribution in [0.25, 0.3) is 22.3 Å². The van der Waals surface area contributed by atoms with Gasteiger partial charge in [-0.15, -0.1) is 11.8 Å². The van der Waals surface area contributed by atoms with Gasteiger partial charge in [0.05, 0.1) is 5.39 Å². The summed E-state index contributed by atoms with van der Waals surface area (Å²) in [7, 11) is 0. The molecule has 0 radical (unpaired) electrons. The van der Waals surface area contributed by atoms with Gasteiger partial charge in [0.1, 0.15) is 17.2 Å². The van der Waals surface area contributed by atoms with Gasteiger partial charge in [-0.1, -0.05) is 12.1 Å². The largest absolute Gasteiger partial charge is 0.456 e. The zero-order valence-corrected chi connectivity index (χ0v) is 11.5. The summed E-state index contributed by atoms with van der Waals surface area (Å²) in [6.45, 7) is 0. The van der Waals surface area contributed by atoms with Gasteiger partial charge < -0.3 is 4.42 Å². The van der Waals surface area contributed by atoms with E-state index in [4.69, 9.17) is 4.42 Å². The van der Waals surface area contributed by atoms with Crippen LogP contribution in [0.15, 0.2) is 62.6 Å². The molecule has 0 amide bonds. The smallest absolute Gasteiger partial charge is 0.193 e. The zero-order valence-electron chi connectivity index (χ0n) is 10.7. The number of hydrogen-bond donors (Lipinski definition) is 0. The molecule has 20 heavy (non-hydrogen) atoms. The van der Waals surface area contributed by atoms with Crippen LogP contribution in [-0.4, -0.2) is 6.26 Å². The maximum Gasteiger partial charge on any atom is 0.193 e. The van der Waals surface area contributed by atoms with Crippen molar-refractivity contribution in [2.45, 2.75) is 4.90 Å². The molecule has 0 aliphatic carbocycles. The van der Waals surface area contributed by atoms with E-state index >= 15 is 0 Å². The van der Waals surface area contributed by atoms with Crippen molar-refractivity contribution in [3.8, 4) is 11.3 Å². The Hall–Kier alpha value is -2.07. The van der Waals surface area contributed by atoms with E-state index in [1.807, 2.05) is 30.5 Å². The Bertz CT molecular complexity index is 822. The molecule has 0 aliphatic heterocycles. The van der Waals surface area contributed by atoms with Gasteiger partial charge >= 0.3 is 0 Å². The van der Waals surface area contributed by atoms with Crippen molar-refractivity contribution in [2.24, 2.45) is 0 Å². The van der Waals surface area contributed by atoms with Crippen LogP contribution in [0.1, 0.15) is 0 Å². The molecule has 4 heteroatoms. The number of fused-ring (bicyclic) bond motifs is 1. The van der Waals surface area contributed by atoms with Gasteiger partial charge in [-0.05, 0) is 30.5 Å². The van der Waals surface area contributed by atoms with Crippen LogP contribution in [0.3, 0.4) is 0 Å². The molecular formula is C16H11FO2S. The molecule has 2 nitrogen and oxygen atoms in total. The van der Waals surface area contributed by atoms with E-state index in [-0.39, 0.29) is 11.0 Å². The normalized spacial score (nSPS) is 10.9. The second kappa shape index (κ2) is 5.13. The van der Waals surface area contributed by atoms with Gasteiger partial charge in [0.15, 0.2) is 5.43 Å². The Labute approximate surface area is 119 Å². The summed E-state index contributed by atoms with van der Waals surface area (Å²) in [5.74, 6) is 0.0243. The first-order valence-corrected chi connectivity index (χ1v) is 7.28. The van der Waals surface area contributed by atoms with E-state index in [9.17, 15) is 9.18 Å². The topological polar surface area (TPSA) is 30.2 Å². The van der Waals surface area contributed by atoms with Crippen molar-refractivity contribution in [2.75, 3.05) is 6.26 Å². The summed E-state index contributed by atoms with van der Waals surface area (Å²) in [6, 6.07) is 13.0. The zero-order chi connectivity index (χ0) is 14.1. The van der Waals surface area contributed by atoms with Gasteiger partial charge in [0.25, 0.3) is 0 Å². The minimum Gasteiger partial charge on any atom is -0.456 e. The average Bonchev–Trinajstić information content (AvgIpc) is 2.46. The van der Waals surface area contributed by atoms with Crippen LogP contribution in [-0.2, 0) is 0 Å². The number of rotatable bonds is 2. The molecule has 100 valence electrons. The van der Waals surface area contributed by atoms with Crippen LogP contribution >= 0.6 is 11.8 Å². The molecule has 0 bridgehead atoms. The third-order valence-electron chi connectivity index (χ3n) is 3.07. The summed E-state index contributed by atoms with van der Waals surface area (Å²) >= 11 is 1.64. The second-order valence-corrected chi connectivity index (χ2v) is 5.22. The summed E-state index contributed by atoms with van der Waals surface area (Å²) < 4.78 is 18.9. The Balaban J connectivity index is 2.18. The highest BCUT2D eigenvalue weighted by Gasteiger charge is 2.07. The van der Waals surface area contributed by atoms with Gasteiger partial charge in [-0.25, -0.2) is 4.39 Å². The van der Waals surface area contributed by atoms with Crippen LogP contribution < -0.4 is 5.43 Å². The molecule has 0 fully saturated rings. The van der Waals surface area contributed by atoms with E-state index in [0.29, 0.717) is 11.1 Å². The molecule has 0 atom stereocenters. The molecule has 0 saturated heterocycles. The lowest BCUT2D eigenvalue weighted by Gasteiger charge is -2.04. The summed E-state index contributed by atoms with van der Waals surface area (Å²) in [5.41, 5.74) is 0.891. The predicted molar refractivity (Wildman–Crippen MR) is 79.7 cm³/mol. The molecule has 0 N–H and O–H groups in total. The molecule has 2 aromatic carbocycles. The highest BCUT2D eigenvalue weighted by molar-refractivity contribution is 7.98. The second-order valence-electron chi connectivity index (χ2n) is 4.34. The quantitative estimate of drug-likeness (QED) is 0.657. The number of hydrogen-bond acceptors (Lipinski definition) is 3. The maximum absolute atomic E-state index is 13.2. The third-order valence-corrected chi connectivity index (χ3v) is 3.81. The van der Waals surface area contributed by atoms with Gasteiger partial charge in [-0.2, -0.15) is 0 Å². The van der Waals surface area contributed by atoms with E-state index < -0.39 is 5.82 Å². The first kappa shape index (κ1) is 12.9. The first-order valence-electron chi connectivity index (χ1n) is 6.05. The first-order chi connectivity index (χ1) is 9.67. The number of thioether (sulfide) groups is 1. The van der Waals surface area contributed by atoms with Crippen LogP contribution in [0, 0.1) is 5.82 Å². The molecule has 0 saturated carbocycles. The van der Waals surface area contributed by atoms with Crippen LogP contribution in [0.5, 0.6) is 0 Å². The Morgan fingerprint density at radius 2 is 1.80 bits per heavy atom. The summed E-state index contributed by atoms with van der Waals surface area (Å²) in [4.78, 5) is 13.1. The monoisotopic (exact) mass is 286 g/mol. The Kier molecular flexibility index (Phi) is 3.32. The van der Waals surface area contributed by atoms with Crippen molar-refractivity contribution >= 4 is 22.7 Å². The highest BCUT2D eigenvalue weighted by Crippen LogP contribution is 2.25. The summed E-state index contributed by atoms with van der Waals surface area (Å²) in [5, 5.41) is 0.385. The minimum absolute atomic E-state index is 0.171. The maximum atomic E-state index is 13.2. The van der Waals surface area contributed by atoms with E-state index in [1.165, 1.54) is 24.3 Å². The fourth-order valence-electron chi connectivity index (χ4n) is 2.03. The molecule has 1 heterocycles. The van der Waals surface area contributed by atoms with Crippen molar-refractivity contribution in [3.63, 3.8) is 0 Å². The standard InChI is InChI=1S/C16H11FO2S/c1-20-12-5-2-10(3-6-12)15-9-14(18)13-7-4-11(17)8-16(13)19-15/h2-9H,1H3. The van der Waals surface area contributed by atoms with Crippen molar-refractivity contribution < 1.29 is 8.81 Å². The lowest BCUT2D eigenvalue weighted by Crippen LogP contribution is -2.00. The lowest BCUT2D eigenvalue weighted by atomic mass is 10.1. The highest BCUT2D eigenvalue weighted by atomic mass is 32.2. The van der Waals surface area contributed by atoms with Crippen molar-refractivity contribution in [1.82, 2.24) is 0 Å². The number of benzene rings is 2. The SMILES string of the molecule is CSc1ccc(-c2cc(=O)c3ccc(F)cc3o2)cc1. The lowest BCUT2D eigenvalue weighted by molar-refractivity contribution is 0.599. The van der Waals surface area contributed by atoms with E-state index in [2.05, 4.69) is 0 Å². The molecular weight excluding hydrogens is 275 g/mol. The van der Waals surface area contributed by atoms with Gasteiger partial charge in [0, 0.05) is 22.6 Å². The molecule has 0 unspecified atom stereocenters. The Morgan fingerprint density at radius 1 is 1.05 bits per heavy atom. The average molecular weight is 286 g/mol. The predicted octanol–water partition coefficient (Wildman–Crippen LogP) is 4.32. The molecule has 1 aromatic heterocycles. The Morgan fingerprint density at radius 3 is 2.50 bits per heavy atom. The molecule has 0 aliphatic rings. The fraction of sp³-hybridized carbons (Fsp3) is 0.0625. The fourth-order valence-corrected chi connectivity index (χ4v) is 2.43. The molecule has 0 spiro atoms. The minimum atomic E-state index is -0.421. The van der Waals surface area contributed by atoms with E-state index in [0.717, 1.165) is 10.5 Å². The van der Waals surface area contributed by atoms with Crippen molar-refractivity contribution in [3.05, 3.63) is 64.6 Å². The van der Waals surface area contributed by atoms with Crippen LogP contribution in [0.4, 0.5) is 4.39 Å². The van der Waals surface area contributed by atoms with Crippen LogP contribution in [0.2, 0.25) is 0 Å². The molecule has 3 rings (SSSR count). The third kappa shape index (κ3) is 2.34. The van der Waals surface area contributed by atoms with E-state index in [1.54, 1.807) is 11.8 Å². The van der Waals surface area contributed by atoms with Gasteiger partial charge in [0.2, 0.25) is 0 Å². The molecule has 3 aromatic rings. The summed E-state index contributed by atoms with van der Waals surface area (Å²) in [6.07, 6.45) is 1.99. The number of halogens is 1.